The molecule has 0 bridgehead atoms. The van der Waals surface area contributed by atoms with Gasteiger partial charge in [-0.05, 0) is 18.6 Å². The molecule has 0 fully saturated rings. The number of hydrogen-bond donors (Lipinski definition) is 0. The van der Waals surface area contributed by atoms with Crippen LogP contribution in [0.1, 0.15) is 40.5 Å². The SMILES string of the molecule is CCCC(=O)OCCOCCOCCOCCOCCOCCOCCOCCOCCOCCN1C(=O)c2ccccc2C1=O. The second-order valence-electron chi connectivity index (χ2n) is 9.79. The zero-order valence-corrected chi connectivity index (χ0v) is 27.1. The van der Waals surface area contributed by atoms with Crippen LogP contribution in [0.5, 0.6) is 0 Å². The van der Waals surface area contributed by atoms with E-state index in [1.165, 1.54) is 4.90 Å². The summed E-state index contributed by atoms with van der Waals surface area (Å²) in [5, 5.41) is 0. The predicted molar refractivity (Wildman–Crippen MR) is 165 cm³/mol. The fourth-order valence-corrected chi connectivity index (χ4v) is 3.95. The highest BCUT2D eigenvalue weighted by Gasteiger charge is 2.34. The predicted octanol–water partition coefficient (Wildman–Crippen LogP) is 1.78. The maximum atomic E-state index is 12.3. The number of rotatable bonds is 32. The van der Waals surface area contributed by atoms with Crippen LogP contribution in [0.2, 0.25) is 0 Å². The fourth-order valence-electron chi connectivity index (χ4n) is 3.95. The van der Waals surface area contributed by atoms with Gasteiger partial charge in [0.05, 0.1) is 137 Å². The molecule has 0 saturated heterocycles. The third kappa shape index (κ3) is 18.6. The number of nitrogens with zero attached hydrogens (tertiary/aromatic N) is 1. The van der Waals surface area contributed by atoms with Gasteiger partial charge >= 0.3 is 5.97 Å². The van der Waals surface area contributed by atoms with Crippen molar-refractivity contribution in [3.63, 3.8) is 0 Å². The number of ether oxygens (including phenoxy) is 10. The number of imide groups is 1. The first kappa shape index (κ1) is 39.6. The Bertz CT molecular complexity index is 913. The van der Waals surface area contributed by atoms with Gasteiger partial charge in [0, 0.05) is 6.42 Å². The first-order chi connectivity index (χ1) is 22.6. The lowest BCUT2D eigenvalue weighted by molar-refractivity contribution is -0.145. The van der Waals surface area contributed by atoms with E-state index in [2.05, 4.69) is 0 Å². The van der Waals surface area contributed by atoms with Gasteiger partial charge in [0.15, 0.2) is 0 Å². The van der Waals surface area contributed by atoms with Crippen molar-refractivity contribution in [2.24, 2.45) is 0 Å². The summed E-state index contributed by atoms with van der Waals surface area (Å²) in [5.41, 5.74) is 0.879. The van der Waals surface area contributed by atoms with Crippen molar-refractivity contribution < 1.29 is 61.8 Å². The summed E-state index contributed by atoms with van der Waals surface area (Å²) in [6.45, 7) is 10.3. The van der Waals surface area contributed by atoms with Gasteiger partial charge in [-0.1, -0.05) is 19.1 Å². The topological polar surface area (TPSA) is 147 Å². The van der Waals surface area contributed by atoms with Crippen molar-refractivity contribution in [1.29, 1.82) is 0 Å². The normalized spacial score (nSPS) is 12.7. The number of benzene rings is 1. The zero-order chi connectivity index (χ0) is 32.9. The average molecular weight is 658 g/mol. The molecule has 262 valence electrons. The van der Waals surface area contributed by atoms with Crippen LogP contribution in [0.3, 0.4) is 0 Å². The Morgan fingerprint density at radius 2 is 0.804 bits per heavy atom. The summed E-state index contributed by atoms with van der Waals surface area (Å²) in [4.78, 5) is 37.0. The minimum atomic E-state index is -0.280. The summed E-state index contributed by atoms with van der Waals surface area (Å²) >= 11 is 0. The van der Waals surface area contributed by atoms with Gasteiger partial charge in [-0.2, -0.15) is 0 Å². The van der Waals surface area contributed by atoms with E-state index in [0.717, 1.165) is 6.42 Å². The van der Waals surface area contributed by atoms with Crippen LogP contribution in [-0.4, -0.2) is 155 Å². The van der Waals surface area contributed by atoms with Crippen molar-refractivity contribution in [2.45, 2.75) is 19.8 Å². The van der Waals surface area contributed by atoms with Crippen LogP contribution in [0.25, 0.3) is 0 Å². The summed E-state index contributed by atoms with van der Waals surface area (Å²) in [6, 6.07) is 6.81. The summed E-state index contributed by atoms with van der Waals surface area (Å²) < 4.78 is 53.9. The van der Waals surface area contributed by atoms with Crippen LogP contribution in [-0.2, 0) is 52.2 Å². The standard InChI is InChI=1S/C32H51NO13/c1-2-5-30(34)46-27-26-45-25-24-44-23-22-43-21-20-42-19-18-41-17-16-40-15-14-39-13-12-38-11-10-37-9-8-33-31(35)28-6-3-4-7-29(28)32(33)36/h3-4,6-7H,2,5,8-27H2,1H3. The fraction of sp³-hybridized carbons (Fsp3) is 0.719. The lowest BCUT2D eigenvalue weighted by atomic mass is 10.1. The Balaban J connectivity index is 1.19. The van der Waals surface area contributed by atoms with Gasteiger partial charge in [-0.15, -0.1) is 0 Å². The third-order valence-electron chi connectivity index (χ3n) is 6.26. The number of fused-ring (bicyclic) bond motifs is 1. The molecule has 0 radical (unpaired) electrons. The molecular weight excluding hydrogens is 606 g/mol. The molecule has 0 atom stereocenters. The lowest BCUT2D eigenvalue weighted by Gasteiger charge is -2.13. The van der Waals surface area contributed by atoms with Gasteiger partial charge < -0.3 is 47.4 Å². The molecule has 0 aromatic heterocycles. The van der Waals surface area contributed by atoms with Crippen molar-refractivity contribution in [3.05, 3.63) is 35.4 Å². The molecule has 0 aliphatic carbocycles. The van der Waals surface area contributed by atoms with E-state index in [-0.39, 0.29) is 37.5 Å². The second-order valence-corrected chi connectivity index (χ2v) is 9.79. The van der Waals surface area contributed by atoms with E-state index >= 15 is 0 Å². The first-order valence-corrected chi connectivity index (χ1v) is 16.0. The molecule has 0 unspecified atom stereocenters. The van der Waals surface area contributed by atoms with E-state index in [9.17, 15) is 14.4 Å². The molecule has 0 N–H and O–H groups in total. The number of carbonyl (C=O) groups excluding carboxylic acids is 3. The molecule has 46 heavy (non-hydrogen) atoms. The summed E-state index contributed by atoms with van der Waals surface area (Å²) in [5.74, 6) is -0.755. The van der Waals surface area contributed by atoms with Crippen LogP contribution in [0, 0.1) is 0 Å². The maximum Gasteiger partial charge on any atom is 0.305 e. The number of hydrogen-bond acceptors (Lipinski definition) is 13. The van der Waals surface area contributed by atoms with E-state index < -0.39 is 0 Å². The highest BCUT2D eigenvalue weighted by molar-refractivity contribution is 6.21. The molecule has 14 heteroatoms. The Morgan fingerprint density at radius 3 is 1.13 bits per heavy atom. The summed E-state index contributed by atoms with van der Waals surface area (Å²) in [6.07, 6.45) is 1.21. The molecule has 0 saturated carbocycles. The zero-order valence-electron chi connectivity index (χ0n) is 27.1. The molecule has 2 rings (SSSR count). The van der Waals surface area contributed by atoms with E-state index in [1.807, 2.05) is 6.92 Å². The van der Waals surface area contributed by atoms with Crippen LogP contribution < -0.4 is 0 Å². The van der Waals surface area contributed by atoms with Gasteiger partial charge in [0.25, 0.3) is 11.8 Å². The van der Waals surface area contributed by atoms with Gasteiger partial charge in [0.1, 0.15) is 6.61 Å². The molecule has 1 aliphatic heterocycles. The summed E-state index contributed by atoms with van der Waals surface area (Å²) in [7, 11) is 0. The molecule has 0 spiro atoms. The molecule has 1 aliphatic rings. The average Bonchev–Trinajstić information content (AvgIpc) is 3.30. The van der Waals surface area contributed by atoms with E-state index in [0.29, 0.717) is 130 Å². The smallest absolute Gasteiger partial charge is 0.305 e. The highest BCUT2D eigenvalue weighted by atomic mass is 16.6. The molecule has 2 amide bonds. The van der Waals surface area contributed by atoms with Gasteiger partial charge in [0.2, 0.25) is 0 Å². The van der Waals surface area contributed by atoms with Crippen LogP contribution >= 0.6 is 0 Å². The van der Waals surface area contributed by atoms with E-state index in [1.54, 1.807) is 24.3 Å². The monoisotopic (exact) mass is 657 g/mol. The number of carbonyl (C=O) groups is 3. The van der Waals surface area contributed by atoms with Crippen molar-refractivity contribution in [1.82, 2.24) is 4.90 Å². The molecule has 1 heterocycles. The number of amides is 2. The highest BCUT2D eigenvalue weighted by Crippen LogP contribution is 2.21. The molecule has 1 aromatic rings. The quantitative estimate of drug-likeness (QED) is 0.0631. The maximum absolute atomic E-state index is 12.3. The van der Waals surface area contributed by atoms with Crippen LogP contribution in [0.4, 0.5) is 0 Å². The Morgan fingerprint density at radius 1 is 0.500 bits per heavy atom. The van der Waals surface area contributed by atoms with Crippen molar-refractivity contribution in [2.75, 3.05) is 132 Å². The first-order valence-electron chi connectivity index (χ1n) is 16.0. The Labute approximate surface area is 271 Å². The lowest BCUT2D eigenvalue weighted by Crippen LogP contribution is -2.33. The Kier molecular flexibility index (Phi) is 23.8. The second kappa shape index (κ2) is 27.6. The molecule has 1 aromatic carbocycles. The Hall–Kier alpha value is -2.53. The van der Waals surface area contributed by atoms with Crippen molar-refractivity contribution in [3.8, 4) is 0 Å². The number of esters is 1. The largest absolute Gasteiger partial charge is 0.463 e. The van der Waals surface area contributed by atoms with Crippen LogP contribution in [0.15, 0.2) is 24.3 Å². The van der Waals surface area contributed by atoms with Gasteiger partial charge in [-0.3, -0.25) is 19.3 Å². The third-order valence-corrected chi connectivity index (χ3v) is 6.26. The minimum absolute atomic E-state index is 0.195. The van der Waals surface area contributed by atoms with Gasteiger partial charge in [-0.25, -0.2) is 0 Å². The molecule has 14 nitrogen and oxygen atoms in total. The van der Waals surface area contributed by atoms with Crippen molar-refractivity contribution >= 4 is 17.8 Å². The minimum Gasteiger partial charge on any atom is -0.463 e. The van der Waals surface area contributed by atoms with E-state index in [4.69, 9.17) is 47.4 Å². The molecular formula is C32H51NO13.